The molecule has 116 valence electrons. The molecular formula is C12H25N5O2S. The van der Waals surface area contributed by atoms with Gasteiger partial charge in [0.1, 0.15) is 0 Å². The Bertz CT molecular complexity index is 504. The Morgan fingerprint density at radius 2 is 2.00 bits per heavy atom. The van der Waals surface area contributed by atoms with E-state index in [1.165, 1.54) is 4.31 Å². The van der Waals surface area contributed by atoms with Gasteiger partial charge in [-0.2, -0.15) is 17.8 Å². The molecule has 8 heteroatoms. The minimum atomic E-state index is -3.53. The van der Waals surface area contributed by atoms with Crippen molar-refractivity contribution in [3.63, 3.8) is 0 Å². The summed E-state index contributed by atoms with van der Waals surface area (Å²) in [5.74, 6) is 0. The number of nitrogens with zero attached hydrogens (tertiary/aromatic N) is 2. The summed E-state index contributed by atoms with van der Waals surface area (Å²) >= 11 is 0. The van der Waals surface area contributed by atoms with E-state index in [0.29, 0.717) is 29.7 Å². The lowest BCUT2D eigenvalue weighted by Crippen LogP contribution is -2.35. The van der Waals surface area contributed by atoms with Gasteiger partial charge in [0.05, 0.1) is 17.1 Å². The van der Waals surface area contributed by atoms with Crippen LogP contribution in [0.25, 0.3) is 0 Å². The van der Waals surface area contributed by atoms with E-state index >= 15 is 0 Å². The third-order valence-corrected chi connectivity index (χ3v) is 4.44. The molecule has 0 fully saturated rings. The zero-order valence-electron chi connectivity index (χ0n) is 12.8. The van der Waals surface area contributed by atoms with Crippen molar-refractivity contribution in [2.75, 3.05) is 24.9 Å². The van der Waals surface area contributed by atoms with Crippen molar-refractivity contribution in [2.45, 2.75) is 40.2 Å². The van der Waals surface area contributed by atoms with Crippen molar-refractivity contribution in [2.24, 2.45) is 0 Å². The molecule has 0 aliphatic rings. The molecule has 0 amide bonds. The van der Waals surface area contributed by atoms with E-state index in [2.05, 4.69) is 34.1 Å². The number of aromatic nitrogens is 2. The SMILES string of the molecule is Cc1n[nH]c(C)c1NS(=O)(=O)N(C)CCCNC(C)C. The minimum Gasteiger partial charge on any atom is -0.314 e. The molecule has 1 heterocycles. The first-order chi connectivity index (χ1) is 9.24. The number of anilines is 1. The predicted molar refractivity (Wildman–Crippen MR) is 81.0 cm³/mol. The topological polar surface area (TPSA) is 90.1 Å². The lowest BCUT2D eigenvalue weighted by molar-refractivity contribution is 0.451. The zero-order chi connectivity index (χ0) is 15.3. The van der Waals surface area contributed by atoms with Crippen LogP contribution in [0.1, 0.15) is 31.7 Å². The molecule has 20 heavy (non-hydrogen) atoms. The molecular weight excluding hydrogens is 278 g/mol. The highest BCUT2D eigenvalue weighted by atomic mass is 32.2. The summed E-state index contributed by atoms with van der Waals surface area (Å²) < 4.78 is 28.3. The van der Waals surface area contributed by atoms with E-state index < -0.39 is 10.2 Å². The van der Waals surface area contributed by atoms with E-state index in [4.69, 9.17) is 0 Å². The number of hydrogen-bond acceptors (Lipinski definition) is 4. The monoisotopic (exact) mass is 303 g/mol. The maximum Gasteiger partial charge on any atom is 0.301 e. The molecule has 0 aliphatic carbocycles. The second-order valence-electron chi connectivity index (χ2n) is 5.20. The normalized spacial score (nSPS) is 12.3. The van der Waals surface area contributed by atoms with Gasteiger partial charge in [0.2, 0.25) is 0 Å². The van der Waals surface area contributed by atoms with E-state index in [1.54, 1.807) is 20.9 Å². The molecule has 0 unspecified atom stereocenters. The van der Waals surface area contributed by atoms with Crippen molar-refractivity contribution in [1.29, 1.82) is 0 Å². The molecule has 1 aromatic rings. The smallest absolute Gasteiger partial charge is 0.301 e. The predicted octanol–water partition coefficient (Wildman–Crippen LogP) is 1.00. The van der Waals surface area contributed by atoms with Gasteiger partial charge in [-0.1, -0.05) is 13.8 Å². The number of hydrogen-bond donors (Lipinski definition) is 3. The van der Waals surface area contributed by atoms with Crippen LogP contribution in [0, 0.1) is 13.8 Å². The number of H-pyrrole nitrogens is 1. The first-order valence-corrected chi connectivity index (χ1v) is 8.17. The number of nitrogens with one attached hydrogen (secondary N) is 3. The van der Waals surface area contributed by atoms with E-state index in [1.807, 2.05) is 0 Å². The Morgan fingerprint density at radius 1 is 1.35 bits per heavy atom. The molecule has 0 aliphatic heterocycles. The average molecular weight is 303 g/mol. The Labute approximate surface area is 121 Å². The van der Waals surface area contributed by atoms with Crippen LogP contribution in [0.5, 0.6) is 0 Å². The van der Waals surface area contributed by atoms with Crippen LogP contribution >= 0.6 is 0 Å². The largest absolute Gasteiger partial charge is 0.314 e. The number of aryl methyl sites for hydroxylation is 2. The molecule has 1 aromatic heterocycles. The van der Waals surface area contributed by atoms with Gasteiger partial charge in [-0.05, 0) is 26.8 Å². The molecule has 1 rings (SSSR count). The van der Waals surface area contributed by atoms with E-state index in [0.717, 1.165) is 13.0 Å². The van der Waals surface area contributed by atoms with Crippen molar-refractivity contribution < 1.29 is 8.42 Å². The first-order valence-electron chi connectivity index (χ1n) is 6.73. The molecule has 3 N–H and O–H groups in total. The van der Waals surface area contributed by atoms with E-state index in [-0.39, 0.29) is 0 Å². The molecule has 0 spiro atoms. The zero-order valence-corrected chi connectivity index (χ0v) is 13.6. The summed E-state index contributed by atoms with van der Waals surface area (Å²) in [7, 11) is -1.96. The van der Waals surface area contributed by atoms with Gasteiger partial charge in [0.15, 0.2) is 0 Å². The van der Waals surface area contributed by atoms with Gasteiger partial charge in [-0.25, -0.2) is 0 Å². The first kappa shape index (κ1) is 16.9. The fourth-order valence-corrected chi connectivity index (χ4v) is 2.80. The van der Waals surface area contributed by atoms with Crippen LogP contribution in [0.15, 0.2) is 0 Å². The summed E-state index contributed by atoms with van der Waals surface area (Å²) in [6.07, 6.45) is 0.763. The van der Waals surface area contributed by atoms with Crippen molar-refractivity contribution >= 4 is 15.9 Å². The highest BCUT2D eigenvalue weighted by molar-refractivity contribution is 7.90. The Balaban J connectivity index is 2.56. The van der Waals surface area contributed by atoms with Crippen molar-refractivity contribution in [1.82, 2.24) is 19.8 Å². The number of rotatable bonds is 8. The van der Waals surface area contributed by atoms with Gasteiger partial charge in [0, 0.05) is 19.6 Å². The Hall–Kier alpha value is -1.12. The summed E-state index contributed by atoms with van der Waals surface area (Å²) in [4.78, 5) is 0. The van der Waals surface area contributed by atoms with Gasteiger partial charge in [-0.15, -0.1) is 0 Å². The average Bonchev–Trinajstić information content (AvgIpc) is 2.65. The van der Waals surface area contributed by atoms with Crippen LogP contribution in [0.4, 0.5) is 5.69 Å². The standard InChI is InChI=1S/C12H25N5O2S/c1-9(2)13-7-6-8-17(5)20(18,19)16-12-10(3)14-15-11(12)4/h9,13,16H,6-8H2,1-5H3,(H,14,15). The van der Waals surface area contributed by atoms with Crippen LogP contribution in [-0.2, 0) is 10.2 Å². The summed E-state index contributed by atoms with van der Waals surface area (Å²) in [6.45, 7) is 8.92. The quantitative estimate of drug-likeness (QED) is 0.625. The van der Waals surface area contributed by atoms with Crippen LogP contribution in [0.2, 0.25) is 0 Å². The molecule has 0 radical (unpaired) electrons. The maximum atomic E-state index is 12.2. The second kappa shape index (κ2) is 7.05. The van der Waals surface area contributed by atoms with Crippen LogP contribution in [0.3, 0.4) is 0 Å². The van der Waals surface area contributed by atoms with Gasteiger partial charge >= 0.3 is 10.2 Å². The third-order valence-electron chi connectivity index (χ3n) is 2.97. The van der Waals surface area contributed by atoms with Crippen molar-refractivity contribution in [3.05, 3.63) is 11.4 Å². The van der Waals surface area contributed by atoms with E-state index in [9.17, 15) is 8.42 Å². The Morgan fingerprint density at radius 3 is 2.50 bits per heavy atom. The second-order valence-corrected chi connectivity index (χ2v) is 6.98. The summed E-state index contributed by atoms with van der Waals surface area (Å²) in [5, 5.41) is 9.99. The molecule has 0 bridgehead atoms. The maximum absolute atomic E-state index is 12.2. The highest BCUT2D eigenvalue weighted by Crippen LogP contribution is 2.18. The molecule has 0 saturated heterocycles. The summed E-state index contributed by atoms with van der Waals surface area (Å²) in [5.41, 5.74) is 1.87. The lowest BCUT2D eigenvalue weighted by atomic mass is 10.3. The third kappa shape index (κ3) is 4.77. The fourth-order valence-electron chi connectivity index (χ4n) is 1.72. The minimum absolute atomic E-state index is 0.409. The molecule has 0 atom stereocenters. The van der Waals surface area contributed by atoms with Crippen molar-refractivity contribution in [3.8, 4) is 0 Å². The Kier molecular flexibility index (Phi) is 5.97. The van der Waals surface area contributed by atoms with Crippen LogP contribution < -0.4 is 10.0 Å². The number of aromatic amines is 1. The lowest BCUT2D eigenvalue weighted by Gasteiger charge is -2.18. The molecule has 7 nitrogen and oxygen atoms in total. The highest BCUT2D eigenvalue weighted by Gasteiger charge is 2.20. The van der Waals surface area contributed by atoms with Crippen LogP contribution in [-0.4, -0.2) is 49.1 Å². The molecule has 0 aromatic carbocycles. The summed E-state index contributed by atoms with van der Waals surface area (Å²) in [6, 6.07) is 0.409. The van der Waals surface area contributed by atoms with Gasteiger partial charge < -0.3 is 5.32 Å². The van der Waals surface area contributed by atoms with Gasteiger partial charge in [0.25, 0.3) is 0 Å². The van der Waals surface area contributed by atoms with Gasteiger partial charge in [-0.3, -0.25) is 9.82 Å². The molecule has 0 saturated carbocycles. The fraction of sp³-hybridized carbons (Fsp3) is 0.750.